The summed E-state index contributed by atoms with van der Waals surface area (Å²) in [6.45, 7) is 0. The van der Waals surface area contributed by atoms with Crippen LogP contribution in [0.4, 0.5) is 5.69 Å². The summed E-state index contributed by atoms with van der Waals surface area (Å²) in [6.07, 6.45) is 0.284. The van der Waals surface area contributed by atoms with Crippen LogP contribution in [0.5, 0.6) is 0 Å². The van der Waals surface area contributed by atoms with Crippen molar-refractivity contribution >= 4 is 34.4 Å². The third kappa shape index (κ3) is 2.01. The summed E-state index contributed by atoms with van der Waals surface area (Å²) in [5.74, 6) is 0. The summed E-state index contributed by atoms with van der Waals surface area (Å²) in [6, 6.07) is 8.21. The molecule has 0 bridgehead atoms. The van der Waals surface area contributed by atoms with Crippen LogP contribution >= 0.6 is 0 Å². The number of hydrogen-bond acceptors (Lipinski definition) is 3. The van der Waals surface area contributed by atoms with Crippen LogP contribution in [-0.2, 0) is 16.4 Å². The van der Waals surface area contributed by atoms with Gasteiger partial charge < -0.3 is 5.73 Å². The summed E-state index contributed by atoms with van der Waals surface area (Å²) < 4.78 is 31.8. The van der Waals surface area contributed by atoms with Crippen LogP contribution in [0.25, 0.3) is 10.8 Å². The highest BCUT2D eigenvalue weighted by Gasteiger charge is 2.18. The second-order valence-electron chi connectivity index (χ2n) is 3.68. The van der Waals surface area contributed by atoms with Gasteiger partial charge in [-0.3, -0.25) is 4.55 Å². The Labute approximate surface area is 101 Å². The topological polar surface area (TPSA) is 80.4 Å². The van der Waals surface area contributed by atoms with Crippen LogP contribution in [0, 0.1) is 0 Å². The smallest absolute Gasteiger partial charge is 0.297 e. The second kappa shape index (κ2) is 4.05. The minimum atomic E-state index is -4.35. The van der Waals surface area contributed by atoms with Gasteiger partial charge in [-0.2, -0.15) is 8.42 Å². The van der Waals surface area contributed by atoms with Gasteiger partial charge in [-0.05, 0) is 17.0 Å². The van der Waals surface area contributed by atoms with E-state index in [1.807, 2.05) is 0 Å². The zero-order chi connectivity index (χ0) is 12.6. The fourth-order valence-electron chi connectivity index (χ4n) is 1.88. The van der Waals surface area contributed by atoms with Crippen molar-refractivity contribution in [3.8, 4) is 0 Å². The van der Waals surface area contributed by atoms with E-state index in [0.29, 0.717) is 10.8 Å². The van der Waals surface area contributed by atoms with Crippen LogP contribution in [0.1, 0.15) is 5.56 Å². The Kier molecular flexibility index (Phi) is 2.85. The Hall–Kier alpha value is -1.53. The third-order valence-corrected chi connectivity index (χ3v) is 3.58. The zero-order valence-corrected chi connectivity index (χ0v) is 9.74. The van der Waals surface area contributed by atoms with Crippen LogP contribution in [-0.4, -0.2) is 20.8 Å². The molecule has 86 valence electrons. The Balaban J connectivity index is 2.98. The lowest BCUT2D eigenvalue weighted by molar-refractivity contribution is 0.484. The molecule has 0 aliphatic rings. The van der Waals surface area contributed by atoms with Gasteiger partial charge in [0.2, 0.25) is 0 Å². The lowest BCUT2D eigenvalue weighted by Crippen LogP contribution is -2.04. The van der Waals surface area contributed by atoms with E-state index >= 15 is 0 Å². The maximum Gasteiger partial charge on any atom is 0.297 e. The molecule has 2 radical (unpaired) electrons. The molecule has 0 atom stereocenters. The minimum absolute atomic E-state index is 0.0224. The standard InChI is InChI=1S/C11H10BNO3S/c12-6-7-2-1-3-9-8(7)4-5-10(13)11(9)17(14,15)16/h1-5H,6,13H2,(H,14,15,16). The van der Waals surface area contributed by atoms with Crippen LogP contribution in [0.2, 0.25) is 0 Å². The molecule has 2 aromatic rings. The van der Waals surface area contributed by atoms with Crippen molar-refractivity contribution in [1.82, 2.24) is 0 Å². The summed E-state index contributed by atoms with van der Waals surface area (Å²) in [5, 5.41) is 1.06. The quantitative estimate of drug-likeness (QED) is 0.476. The van der Waals surface area contributed by atoms with Gasteiger partial charge in [0.05, 0.1) is 13.5 Å². The average Bonchev–Trinajstić information content (AvgIpc) is 2.25. The molecule has 0 fully saturated rings. The Morgan fingerprint density at radius 1 is 1.18 bits per heavy atom. The van der Waals surface area contributed by atoms with E-state index in [4.69, 9.17) is 13.6 Å². The van der Waals surface area contributed by atoms with Gasteiger partial charge in [-0.15, -0.1) is 0 Å². The number of nitrogen functional groups attached to an aromatic ring is 1. The van der Waals surface area contributed by atoms with Gasteiger partial charge in [0, 0.05) is 5.39 Å². The van der Waals surface area contributed by atoms with Crippen molar-refractivity contribution in [3.63, 3.8) is 0 Å². The highest BCUT2D eigenvalue weighted by atomic mass is 32.2. The molecule has 0 spiro atoms. The average molecular weight is 247 g/mol. The second-order valence-corrected chi connectivity index (χ2v) is 5.03. The number of hydrogen-bond donors (Lipinski definition) is 2. The van der Waals surface area contributed by atoms with Gasteiger partial charge in [0.25, 0.3) is 10.1 Å². The highest BCUT2D eigenvalue weighted by molar-refractivity contribution is 7.86. The molecule has 4 nitrogen and oxygen atoms in total. The maximum atomic E-state index is 11.3. The largest absolute Gasteiger partial charge is 0.398 e. The number of nitrogens with two attached hydrogens (primary N) is 1. The molecule has 0 unspecified atom stereocenters. The van der Waals surface area contributed by atoms with Gasteiger partial charge in [-0.1, -0.05) is 30.6 Å². The molecule has 0 aliphatic carbocycles. The first-order chi connectivity index (χ1) is 7.95. The predicted octanol–water partition coefficient (Wildman–Crippen LogP) is 1.34. The summed E-state index contributed by atoms with van der Waals surface area (Å²) in [7, 11) is 1.22. The zero-order valence-electron chi connectivity index (χ0n) is 8.92. The molecule has 2 aromatic carbocycles. The highest BCUT2D eigenvalue weighted by Crippen LogP contribution is 2.30. The molecule has 3 N–H and O–H groups in total. The SMILES string of the molecule is [B]Cc1cccc2c(S(=O)(=O)O)c(N)ccc12. The van der Waals surface area contributed by atoms with Crippen LogP contribution in [0.3, 0.4) is 0 Å². The molecule has 0 amide bonds. The van der Waals surface area contributed by atoms with Crippen LogP contribution in [0.15, 0.2) is 35.2 Å². The molecular weight excluding hydrogens is 237 g/mol. The van der Waals surface area contributed by atoms with Crippen molar-refractivity contribution in [2.45, 2.75) is 11.2 Å². The van der Waals surface area contributed by atoms with E-state index in [1.165, 1.54) is 6.07 Å². The summed E-state index contributed by atoms with van der Waals surface area (Å²) in [4.78, 5) is -0.259. The monoisotopic (exact) mass is 247 g/mol. The van der Waals surface area contributed by atoms with Crippen molar-refractivity contribution in [3.05, 3.63) is 35.9 Å². The fourth-order valence-corrected chi connectivity index (χ4v) is 2.70. The molecule has 6 heteroatoms. The Morgan fingerprint density at radius 2 is 1.88 bits per heavy atom. The molecule has 0 saturated heterocycles. The van der Waals surface area contributed by atoms with Gasteiger partial charge in [0.15, 0.2) is 0 Å². The van der Waals surface area contributed by atoms with Crippen molar-refractivity contribution in [1.29, 1.82) is 0 Å². The molecular formula is C11H10BNO3S. The van der Waals surface area contributed by atoms with Gasteiger partial charge in [-0.25, -0.2) is 0 Å². The van der Waals surface area contributed by atoms with E-state index in [1.54, 1.807) is 24.3 Å². The van der Waals surface area contributed by atoms with E-state index in [9.17, 15) is 13.0 Å². The van der Waals surface area contributed by atoms with E-state index in [0.717, 1.165) is 5.56 Å². The fraction of sp³-hybridized carbons (Fsp3) is 0.0909. The Morgan fingerprint density at radius 3 is 2.47 bits per heavy atom. The first-order valence-corrected chi connectivity index (χ1v) is 6.37. The van der Waals surface area contributed by atoms with Crippen molar-refractivity contribution < 1.29 is 13.0 Å². The number of fused-ring (bicyclic) bond motifs is 1. The minimum Gasteiger partial charge on any atom is -0.398 e. The molecule has 0 aromatic heterocycles. The maximum absolute atomic E-state index is 11.3. The van der Waals surface area contributed by atoms with Gasteiger partial charge in [0.1, 0.15) is 4.90 Å². The lowest BCUT2D eigenvalue weighted by Gasteiger charge is -2.10. The van der Waals surface area contributed by atoms with E-state index in [2.05, 4.69) is 0 Å². The first kappa shape index (κ1) is 11.9. The van der Waals surface area contributed by atoms with Gasteiger partial charge >= 0.3 is 0 Å². The summed E-state index contributed by atoms with van der Waals surface area (Å²) in [5.41, 5.74) is 6.41. The molecule has 0 heterocycles. The normalized spacial score (nSPS) is 11.8. The molecule has 17 heavy (non-hydrogen) atoms. The Bertz CT molecular complexity index is 682. The number of rotatable bonds is 2. The van der Waals surface area contributed by atoms with Crippen molar-refractivity contribution in [2.75, 3.05) is 5.73 Å². The molecule has 0 aliphatic heterocycles. The molecule has 2 rings (SSSR count). The predicted molar refractivity (Wildman–Crippen MR) is 67.6 cm³/mol. The lowest BCUT2D eigenvalue weighted by atomic mass is 9.92. The van der Waals surface area contributed by atoms with Crippen molar-refractivity contribution in [2.24, 2.45) is 0 Å². The van der Waals surface area contributed by atoms with E-state index in [-0.39, 0.29) is 16.9 Å². The first-order valence-electron chi connectivity index (χ1n) is 4.93. The van der Waals surface area contributed by atoms with E-state index < -0.39 is 10.1 Å². The molecule has 0 saturated carbocycles. The number of benzene rings is 2. The van der Waals surface area contributed by atoms with Crippen LogP contribution < -0.4 is 5.73 Å². The summed E-state index contributed by atoms with van der Waals surface area (Å²) >= 11 is 0. The third-order valence-electron chi connectivity index (χ3n) is 2.61. The number of anilines is 1.